The average molecular weight is 258 g/mol. The van der Waals surface area contributed by atoms with Crippen LogP contribution in [-0.4, -0.2) is 48.9 Å². The second kappa shape index (κ2) is 6.61. The lowest BCUT2D eigenvalue weighted by Gasteiger charge is -2.24. The van der Waals surface area contributed by atoms with E-state index >= 15 is 0 Å². The van der Waals surface area contributed by atoms with Crippen LogP contribution in [-0.2, 0) is 9.53 Å². The SMILES string of the molecule is CCCSNC1COCCN(C(=O)C2CC2)C1. The van der Waals surface area contributed by atoms with Crippen molar-refractivity contribution in [3.8, 4) is 0 Å². The molecule has 0 spiro atoms. The van der Waals surface area contributed by atoms with E-state index in [4.69, 9.17) is 4.74 Å². The predicted molar refractivity (Wildman–Crippen MR) is 69.8 cm³/mol. The Hall–Kier alpha value is -0.260. The number of rotatable bonds is 5. The third-order valence-electron chi connectivity index (χ3n) is 3.06. The standard InChI is InChI=1S/C12H22N2O2S/c1-2-7-17-13-11-8-14(5-6-16-9-11)12(15)10-3-4-10/h10-11,13H,2-9H2,1H3. The van der Waals surface area contributed by atoms with Gasteiger partial charge in [0.05, 0.1) is 19.3 Å². The second-order valence-corrected chi connectivity index (χ2v) is 5.73. The molecule has 0 radical (unpaired) electrons. The molecule has 1 saturated heterocycles. The van der Waals surface area contributed by atoms with Gasteiger partial charge in [0, 0.05) is 24.8 Å². The first kappa shape index (κ1) is 13.2. The number of amides is 1. The van der Waals surface area contributed by atoms with E-state index in [0.717, 1.165) is 38.1 Å². The topological polar surface area (TPSA) is 41.6 Å². The monoisotopic (exact) mass is 258 g/mol. The summed E-state index contributed by atoms with van der Waals surface area (Å²) in [5.74, 6) is 1.76. The maximum Gasteiger partial charge on any atom is 0.225 e. The van der Waals surface area contributed by atoms with Crippen LogP contribution in [0.5, 0.6) is 0 Å². The molecule has 98 valence electrons. The fourth-order valence-electron chi connectivity index (χ4n) is 1.95. The summed E-state index contributed by atoms with van der Waals surface area (Å²) >= 11 is 1.74. The molecule has 4 nitrogen and oxygen atoms in total. The third-order valence-corrected chi connectivity index (χ3v) is 4.17. The van der Waals surface area contributed by atoms with Crippen LogP contribution in [0.2, 0.25) is 0 Å². The molecule has 2 fully saturated rings. The van der Waals surface area contributed by atoms with Crippen molar-refractivity contribution in [2.75, 3.05) is 32.1 Å². The molecular weight excluding hydrogens is 236 g/mol. The molecule has 1 atom stereocenters. The van der Waals surface area contributed by atoms with E-state index in [0.29, 0.717) is 25.0 Å². The van der Waals surface area contributed by atoms with Crippen molar-refractivity contribution in [1.82, 2.24) is 9.62 Å². The summed E-state index contributed by atoms with van der Waals surface area (Å²) in [5, 5.41) is 0. The fraction of sp³-hybridized carbons (Fsp3) is 0.917. The number of carbonyl (C=O) groups is 1. The van der Waals surface area contributed by atoms with Crippen LogP contribution in [0.4, 0.5) is 0 Å². The molecule has 1 unspecified atom stereocenters. The van der Waals surface area contributed by atoms with Crippen molar-refractivity contribution >= 4 is 17.9 Å². The Kier molecular flexibility index (Phi) is 5.13. The van der Waals surface area contributed by atoms with Crippen LogP contribution in [0.25, 0.3) is 0 Å². The van der Waals surface area contributed by atoms with Gasteiger partial charge in [-0.3, -0.25) is 9.52 Å². The lowest BCUT2D eigenvalue weighted by molar-refractivity contribution is -0.132. The van der Waals surface area contributed by atoms with Crippen molar-refractivity contribution in [1.29, 1.82) is 0 Å². The van der Waals surface area contributed by atoms with Gasteiger partial charge in [-0.15, -0.1) is 0 Å². The smallest absolute Gasteiger partial charge is 0.225 e. The predicted octanol–water partition coefficient (Wildman–Crippen LogP) is 1.27. The number of hydrogen-bond donors (Lipinski definition) is 1. The first-order valence-electron chi connectivity index (χ1n) is 6.55. The second-order valence-electron chi connectivity index (χ2n) is 4.80. The highest BCUT2D eigenvalue weighted by molar-refractivity contribution is 7.97. The molecule has 2 aliphatic rings. The van der Waals surface area contributed by atoms with Crippen LogP contribution in [0.15, 0.2) is 0 Å². The van der Waals surface area contributed by atoms with Gasteiger partial charge < -0.3 is 9.64 Å². The summed E-state index contributed by atoms with van der Waals surface area (Å²) in [5.41, 5.74) is 0. The molecule has 1 aliphatic heterocycles. The van der Waals surface area contributed by atoms with Gasteiger partial charge in [0.2, 0.25) is 5.91 Å². The Morgan fingerprint density at radius 3 is 3.06 bits per heavy atom. The van der Waals surface area contributed by atoms with Crippen LogP contribution in [0, 0.1) is 5.92 Å². The highest BCUT2D eigenvalue weighted by atomic mass is 32.2. The maximum absolute atomic E-state index is 12.0. The summed E-state index contributed by atoms with van der Waals surface area (Å²) in [4.78, 5) is 14.0. The number of hydrogen-bond acceptors (Lipinski definition) is 4. The number of nitrogens with one attached hydrogen (secondary N) is 1. The lowest BCUT2D eigenvalue weighted by atomic mass is 10.2. The Bertz CT molecular complexity index is 259. The van der Waals surface area contributed by atoms with E-state index in [1.807, 2.05) is 4.90 Å². The Labute approximate surface area is 108 Å². The van der Waals surface area contributed by atoms with Crippen LogP contribution >= 0.6 is 11.9 Å². The van der Waals surface area contributed by atoms with Crippen molar-refractivity contribution < 1.29 is 9.53 Å². The summed E-state index contributed by atoms with van der Waals surface area (Å²) in [6, 6.07) is 0.275. The summed E-state index contributed by atoms with van der Waals surface area (Å²) < 4.78 is 8.95. The van der Waals surface area contributed by atoms with Gasteiger partial charge in [-0.25, -0.2) is 0 Å². The van der Waals surface area contributed by atoms with E-state index in [2.05, 4.69) is 11.6 Å². The van der Waals surface area contributed by atoms with Gasteiger partial charge in [-0.1, -0.05) is 18.9 Å². The van der Waals surface area contributed by atoms with E-state index in [1.165, 1.54) is 0 Å². The molecule has 1 heterocycles. The normalized spacial score (nSPS) is 25.7. The Balaban J connectivity index is 1.79. The highest BCUT2D eigenvalue weighted by Crippen LogP contribution is 2.31. The van der Waals surface area contributed by atoms with Gasteiger partial charge in [0.1, 0.15) is 0 Å². The minimum atomic E-state index is 0.275. The van der Waals surface area contributed by atoms with E-state index in [-0.39, 0.29) is 6.04 Å². The number of ether oxygens (including phenoxy) is 1. The van der Waals surface area contributed by atoms with Gasteiger partial charge in [0.25, 0.3) is 0 Å². The summed E-state index contributed by atoms with van der Waals surface area (Å²) in [7, 11) is 0. The van der Waals surface area contributed by atoms with E-state index in [9.17, 15) is 4.79 Å². The van der Waals surface area contributed by atoms with Crippen LogP contribution in [0.1, 0.15) is 26.2 Å². The summed E-state index contributed by atoms with van der Waals surface area (Å²) in [6.45, 7) is 5.11. The lowest BCUT2D eigenvalue weighted by Crippen LogP contribution is -2.42. The van der Waals surface area contributed by atoms with E-state index < -0.39 is 0 Å². The molecule has 0 bridgehead atoms. The van der Waals surface area contributed by atoms with Crippen LogP contribution in [0.3, 0.4) is 0 Å². The zero-order valence-corrected chi connectivity index (χ0v) is 11.3. The van der Waals surface area contributed by atoms with E-state index in [1.54, 1.807) is 11.9 Å². The largest absolute Gasteiger partial charge is 0.378 e. The van der Waals surface area contributed by atoms with Gasteiger partial charge >= 0.3 is 0 Å². The van der Waals surface area contributed by atoms with Crippen LogP contribution < -0.4 is 4.72 Å². The number of nitrogens with zero attached hydrogens (tertiary/aromatic N) is 1. The van der Waals surface area contributed by atoms with Crippen molar-refractivity contribution in [3.05, 3.63) is 0 Å². The van der Waals surface area contributed by atoms with Gasteiger partial charge in [0.15, 0.2) is 0 Å². The van der Waals surface area contributed by atoms with Gasteiger partial charge in [-0.05, 0) is 19.3 Å². The van der Waals surface area contributed by atoms with Gasteiger partial charge in [-0.2, -0.15) is 0 Å². The Morgan fingerprint density at radius 2 is 2.35 bits per heavy atom. The molecule has 17 heavy (non-hydrogen) atoms. The molecule has 0 aromatic rings. The molecule has 2 rings (SSSR count). The molecule has 1 N–H and O–H groups in total. The van der Waals surface area contributed by atoms with Crippen molar-refractivity contribution in [2.24, 2.45) is 5.92 Å². The highest BCUT2D eigenvalue weighted by Gasteiger charge is 2.34. The Morgan fingerprint density at radius 1 is 1.53 bits per heavy atom. The zero-order chi connectivity index (χ0) is 12.1. The molecular formula is C12H22N2O2S. The molecule has 0 aromatic heterocycles. The first-order valence-corrected chi connectivity index (χ1v) is 7.53. The van der Waals surface area contributed by atoms with Crippen molar-refractivity contribution in [3.63, 3.8) is 0 Å². The quantitative estimate of drug-likeness (QED) is 0.596. The zero-order valence-electron chi connectivity index (χ0n) is 10.5. The molecule has 1 saturated carbocycles. The molecule has 0 aromatic carbocycles. The number of carbonyl (C=O) groups excluding carboxylic acids is 1. The molecule has 1 amide bonds. The maximum atomic E-state index is 12.0. The first-order chi connectivity index (χ1) is 8.31. The molecule has 5 heteroatoms. The third kappa shape index (κ3) is 4.16. The fourth-order valence-corrected chi connectivity index (χ4v) is 2.65. The summed E-state index contributed by atoms with van der Waals surface area (Å²) in [6.07, 6.45) is 3.33. The molecule has 1 aliphatic carbocycles. The minimum Gasteiger partial charge on any atom is -0.378 e. The van der Waals surface area contributed by atoms with Crippen molar-refractivity contribution in [2.45, 2.75) is 32.2 Å². The average Bonchev–Trinajstić information content (AvgIpc) is 3.16. The minimum absolute atomic E-state index is 0.275.